The van der Waals surface area contributed by atoms with Gasteiger partial charge in [0.2, 0.25) is 0 Å². The summed E-state index contributed by atoms with van der Waals surface area (Å²) in [5.74, 6) is -0.449. The first-order valence-electron chi connectivity index (χ1n) is 4.09. The van der Waals surface area contributed by atoms with E-state index in [1.807, 2.05) is 0 Å². The van der Waals surface area contributed by atoms with Crippen molar-refractivity contribution in [1.82, 2.24) is 4.90 Å². The Morgan fingerprint density at radius 2 is 2.00 bits per heavy atom. The van der Waals surface area contributed by atoms with Crippen molar-refractivity contribution >= 4 is 12.1 Å². The van der Waals surface area contributed by atoms with Gasteiger partial charge in [0.15, 0.2) is 0 Å². The van der Waals surface area contributed by atoms with Crippen LogP contribution in [0.2, 0.25) is 0 Å². The minimum atomic E-state index is -0.383. The normalized spacial score (nSPS) is 21.4. The summed E-state index contributed by atoms with van der Waals surface area (Å²) < 4.78 is 9.11. The minimum Gasteiger partial charge on any atom is -0.469 e. The average molecular weight is 187 g/mol. The maximum atomic E-state index is 11.1. The third-order valence-corrected chi connectivity index (χ3v) is 2.16. The Balaban J connectivity index is 2.44. The van der Waals surface area contributed by atoms with Crippen molar-refractivity contribution in [3.05, 3.63) is 0 Å². The fourth-order valence-electron chi connectivity index (χ4n) is 1.41. The van der Waals surface area contributed by atoms with Crippen LogP contribution in [0.5, 0.6) is 0 Å². The summed E-state index contributed by atoms with van der Waals surface area (Å²) in [5.41, 5.74) is 0. The Kier molecular flexibility index (Phi) is 3.11. The summed E-state index contributed by atoms with van der Waals surface area (Å²) in [6.07, 6.45) is 0.272. The molecule has 5 nitrogen and oxygen atoms in total. The minimum absolute atomic E-state index is 0.191. The largest absolute Gasteiger partial charge is 0.469 e. The molecule has 0 spiro atoms. The molecule has 0 saturated carbocycles. The maximum absolute atomic E-state index is 11.1. The molecule has 0 aliphatic carbocycles. The molecular formula is C8H13NO4. The molecule has 1 atom stereocenters. The van der Waals surface area contributed by atoms with Crippen LogP contribution in [0.3, 0.4) is 0 Å². The lowest BCUT2D eigenvalue weighted by Crippen LogP contribution is -2.29. The van der Waals surface area contributed by atoms with Gasteiger partial charge >= 0.3 is 12.1 Å². The van der Waals surface area contributed by atoms with Gasteiger partial charge in [-0.2, -0.15) is 0 Å². The molecule has 1 saturated heterocycles. The van der Waals surface area contributed by atoms with E-state index in [9.17, 15) is 9.59 Å². The van der Waals surface area contributed by atoms with E-state index in [-0.39, 0.29) is 18.0 Å². The highest BCUT2D eigenvalue weighted by Crippen LogP contribution is 2.17. The highest BCUT2D eigenvalue weighted by atomic mass is 16.5. The van der Waals surface area contributed by atoms with Crippen LogP contribution in [-0.4, -0.2) is 44.3 Å². The highest BCUT2D eigenvalue weighted by Gasteiger charge is 2.31. The van der Waals surface area contributed by atoms with E-state index in [0.29, 0.717) is 19.5 Å². The zero-order chi connectivity index (χ0) is 9.84. The molecule has 74 valence electrons. The van der Waals surface area contributed by atoms with Gasteiger partial charge in [0, 0.05) is 13.1 Å². The van der Waals surface area contributed by atoms with Gasteiger partial charge in [-0.1, -0.05) is 0 Å². The number of amides is 1. The quantitative estimate of drug-likeness (QED) is 0.552. The molecule has 13 heavy (non-hydrogen) atoms. The first kappa shape index (κ1) is 9.83. The van der Waals surface area contributed by atoms with Crippen LogP contribution in [0, 0.1) is 5.92 Å². The summed E-state index contributed by atoms with van der Waals surface area (Å²) in [5, 5.41) is 0. The molecule has 1 rings (SSSR count). The fourth-order valence-corrected chi connectivity index (χ4v) is 1.41. The van der Waals surface area contributed by atoms with Crippen LogP contribution in [0.4, 0.5) is 4.79 Å². The molecule has 0 aromatic carbocycles. The van der Waals surface area contributed by atoms with Crippen molar-refractivity contribution in [2.75, 3.05) is 27.3 Å². The number of carbonyl (C=O) groups is 2. The van der Waals surface area contributed by atoms with Crippen LogP contribution >= 0.6 is 0 Å². The van der Waals surface area contributed by atoms with Gasteiger partial charge in [-0.05, 0) is 6.42 Å². The number of nitrogens with zero attached hydrogens (tertiary/aromatic N) is 1. The molecule has 5 heteroatoms. The van der Waals surface area contributed by atoms with Crippen molar-refractivity contribution in [3.63, 3.8) is 0 Å². The molecule has 1 unspecified atom stereocenters. The molecule has 0 aromatic heterocycles. The first-order valence-corrected chi connectivity index (χ1v) is 4.09. The number of hydrogen-bond donors (Lipinski definition) is 0. The second-order valence-electron chi connectivity index (χ2n) is 2.92. The number of likely N-dealkylation sites (tertiary alicyclic amines) is 1. The van der Waals surface area contributed by atoms with Crippen LogP contribution in [0.25, 0.3) is 0 Å². The molecule has 1 aliphatic heterocycles. The van der Waals surface area contributed by atoms with Gasteiger partial charge in [-0.3, -0.25) is 4.79 Å². The third-order valence-electron chi connectivity index (χ3n) is 2.16. The Bertz CT molecular complexity index is 194. The monoisotopic (exact) mass is 187 g/mol. The van der Waals surface area contributed by atoms with E-state index >= 15 is 0 Å². The smallest absolute Gasteiger partial charge is 0.409 e. The lowest BCUT2D eigenvalue weighted by atomic mass is 10.1. The predicted octanol–water partition coefficient (Wildman–Crippen LogP) is 0.248. The number of ether oxygens (including phenoxy) is 2. The highest BCUT2D eigenvalue weighted by molar-refractivity contribution is 5.75. The average Bonchev–Trinajstić information content (AvgIpc) is 2.64. The summed E-state index contributed by atoms with van der Waals surface area (Å²) >= 11 is 0. The predicted molar refractivity (Wildman–Crippen MR) is 44.1 cm³/mol. The first-order chi connectivity index (χ1) is 6.19. The molecule has 0 bridgehead atoms. The number of hydrogen-bond acceptors (Lipinski definition) is 4. The molecule has 1 heterocycles. The van der Waals surface area contributed by atoms with Crippen LogP contribution in [0.1, 0.15) is 6.42 Å². The van der Waals surface area contributed by atoms with Crippen molar-refractivity contribution in [2.45, 2.75) is 6.42 Å². The zero-order valence-corrected chi connectivity index (χ0v) is 7.78. The lowest BCUT2D eigenvalue weighted by molar-refractivity contribution is -0.144. The molecule has 1 amide bonds. The summed E-state index contributed by atoms with van der Waals surface area (Å²) in [6, 6.07) is 0. The number of methoxy groups -OCH3 is 2. The topological polar surface area (TPSA) is 55.8 Å². The van der Waals surface area contributed by atoms with Gasteiger partial charge in [0.1, 0.15) is 0 Å². The molecule has 0 aromatic rings. The van der Waals surface area contributed by atoms with E-state index < -0.39 is 0 Å². The fraction of sp³-hybridized carbons (Fsp3) is 0.750. The molecule has 0 N–H and O–H groups in total. The zero-order valence-electron chi connectivity index (χ0n) is 7.78. The van der Waals surface area contributed by atoms with Crippen molar-refractivity contribution in [1.29, 1.82) is 0 Å². The standard InChI is InChI=1S/C8H13NO4/c1-12-7(10)6-3-4-9(5-6)8(11)13-2/h6H,3-5H2,1-2H3. The number of carbonyl (C=O) groups excluding carboxylic acids is 2. The second kappa shape index (κ2) is 4.11. The summed E-state index contributed by atoms with van der Waals surface area (Å²) in [4.78, 5) is 23.6. The van der Waals surface area contributed by atoms with E-state index in [1.54, 1.807) is 0 Å². The van der Waals surface area contributed by atoms with Crippen LogP contribution < -0.4 is 0 Å². The molecule has 1 fully saturated rings. The maximum Gasteiger partial charge on any atom is 0.409 e. The van der Waals surface area contributed by atoms with Crippen molar-refractivity contribution < 1.29 is 19.1 Å². The van der Waals surface area contributed by atoms with E-state index in [1.165, 1.54) is 19.1 Å². The summed E-state index contributed by atoms with van der Waals surface area (Å²) in [6.45, 7) is 0.964. The van der Waals surface area contributed by atoms with Gasteiger partial charge in [-0.25, -0.2) is 4.79 Å². The van der Waals surface area contributed by atoms with E-state index in [0.717, 1.165) is 0 Å². The van der Waals surface area contributed by atoms with Gasteiger partial charge in [-0.15, -0.1) is 0 Å². The van der Waals surface area contributed by atoms with Gasteiger partial charge < -0.3 is 14.4 Å². The van der Waals surface area contributed by atoms with Gasteiger partial charge in [0.25, 0.3) is 0 Å². The number of rotatable bonds is 1. The third kappa shape index (κ3) is 2.11. The molecular weight excluding hydrogens is 174 g/mol. The Morgan fingerprint density at radius 3 is 2.54 bits per heavy atom. The Labute approximate surface area is 76.6 Å². The number of esters is 1. The second-order valence-corrected chi connectivity index (χ2v) is 2.92. The summed E-state index contributed by atoms with van der Waals surface area (Å²) in [7, 11) is 2.68. The molecule has 0 radical (unpaired) electrons. The van der Waals surface area contributed by atoms with E-state index in [2.05, 4.69) is 9.47 Å². The van der Waals surface area contributed by atoms with Gasteiger partial charge in [0.05, 0.1) is 20.1 Å². The van der Waals surface area contributed by atoms with Crippen molar-refractivity contribution in [2.24, 2.45) is 5.92 Å². The van der Waals surface area contributed by atoms with Crippen LogP contribution in [-0.2, 0) is 14.3 Å². The van der Waals surface area contributed by atoms with E-state index in [4.69, 9.17) is 0 Å². The SMILES string of the molecule is COC(=O)C1CCN(C(=O)OC)C1. The lowest BCUT2D eigenvalue weighted by Gasteiger charge is -2.13. The molecule has 1 aliphatic rings. The van der Waals surface area contributed by atoms with Crippen LogP contribution in [0.15, 0.2) is 0 Å². The van der Waals surface area contributed by atoms with Crippen molar-refractivity contribution in [3.8, 4) is 0 Å². The Morgan fingerprint density at radius 1 is 1.31 bits per heavy atom. The Hall–Kier alpha value is -1.26.